The van der Waals surface area contributed by atoms with Crippen LogP contribution >= 0.6 is 15.9 Å². The zero-order valence-electron chi connectivity index (χ0n) is 13.1. The summed E-state index contributed by atoms with van der Waals surface area (Å²) in [5.41, 5.74) is 5.56. The summed E-state index contributed by atoms with van der Waals surface area (Å²) in [6, 6.07) is 15.8. The van der Waals surface area contributed by atoms with E-state index >= 15 is 0 Å². The number of rotatable bonds is 6. The maximum absolute atomic E-state index is 3.65. The van der Waals surface area contributed by atoms with Crippen molar-refractivity contribution in [1.82, 2.24) is 5.32 Å². The molecule has 1 N–H and O–H groups in total. The van der Waals surface area contributed by atoms with Gasteiger partial charge in [-0.05, 0) is 53.8 Å². The molecule has 0 radical (unpaired) electrons. The van der Waals surface area contributed by atoms with Crippen molar-refractivity contribution >= 4 is 15.9 Å². The Kier molecular flexibility index (Phi) is 6.01. The molecule has 0 aliphatic carbocycles. The van der Waals surface area contributed by atoms with Crippen molar-refractivity contribution in [3.63, 3.8) is 0 Å². The standard InChI is InChI=1S/C19H24BrN/c1-4-14-10-11-15(5-2)18(12-14)19(21-6-3)16-8-7-9-17(20)13-16/h7-13,19,21H,4-6H2,1-3H3. The molecule has 0 aromatic heterocycles. The molecule has 0 aliphatic rings. The monoisotopic (exact) mass is 345 g/mol. The quantitative estimate of drug-likeness (QED) is 0.751. The van der Waals surface area contributed by atoms with Crippen LogP contribution in [-0.4, -0.2) is 6.54 Å². The van der Waals surface area contributed by atoms with Crippen molar-refractivity contribution in [3.8, 4) is 0 Å². The van der Waals surface area contributed by atoms with Crippen LogP contribution in [-0.2, 0) is 12.8 Å². The van der Waals surface area contributed by atoms with E-state index in [1.165, 1.54) is 22.3 Å². The summed E-state index contributed by atoms with van der Waals surface area (Å²) in [5.74, 6) is 0. The van der Waals surface area contributed by atoms with Gasteiger partial charge in [-0.3, -0.25) is 0 Å². The van der Waals surface area contributed by atoms with Crippen molar-refractivity contribution in [2.75, 3.05) is 6.54 Å². The highest BCUT2D eigenvalue weighted by molar-refractivity contribution is 9.10. The fourth-order valence-electron chi connectivity index (χ4n) is 2.75. The minimum absolute atomic E-state index is 0.258. The Morgan fingerprint density at radius 2 is 1.81 bits per heavy atom. The van der Waals surface area contributed by atoms with Crippen molar-refractivity contribution < 1.29 is 0 Å². The zero-order valence-corrected chi connectivity index (χ0v) is 14.7. The fraction of sp³-hybridized carbons (Fsp3) is 0.368. The predicted octanol–water partition coefficient (Wildman–Crippen LogP) is 5.27. The SMILES string of the molecule is CCNC(c1cccc(Br)c1)c1cc(CC)ccc1CC. The largest absolute Gasteiger partial charge is 0.307 e. The average Bonchev–Trinajstić information content (AvgIpc) is 2.52. The summed E-state index contributed by atoms with van der Waals surface area (Å²) < 4.78 is 1.13. The molecule has 1 atom stereocenters. The van der Waals surface area contributed by atoms with E-state index < -0.39 is 0 Å². The number of halogens is 1. The number of hydrogen-bond acceptors (Lipinski definition) is 1. The minimum atomic E-state index is 0.258. The van der Waals surface area contributed by atoms with Crippen LogP contribution in [0.1, 0.15) is 49.1 Å². The van der Waals surface area contributed by atoms with Gasteiger partial charge in [0.2, 0.25) is 0 Å². The van der Waals surface area contributed by atoms with Gasteiger partial charge in [0.25, 0.3) is 0 Å². The van der Waals surface area contributed by atoms with Crippen LogP contribution in [0.15, 0.2) is 46.9 Å². The summed E-state index contributed by atoms with van der Waals surface area (Å²) in [5, 5.41) is 3.65. The second kappa shape index (κ2) is 7.77. The smallest absolute Gasteiger partial charge is 0.0579 e. The molecule has 2 aromatic rings. The van der Waals surface area contributed by atoms with E-state index in [9.17, 15) is 0 Å². The zero-order chi connectivity index (χ0) is 15.2. The van der Waals surface area contributed by atoms with Gasteiger partial charge in [-0.15, -0.1) is 0 Å². The Hall–Kier alpha value is -1.12. The van der Waals surface area contributed by atoms with Crippen molar-refractivity contribution in [2.24, 2.45) is 0 Å². The van der Waals surface area contributed by atoms with Crippen molar-refractivity contribution in [1.29, 1.82) is 0 Å². The van der Waals surface area contributed by atoms with Crippen LogP contribution in [0.3, 0.4) is 0 Å². The lowest BCUT2D eigenvalue weighted by Crippen LogP contribution is -2.23. The third-order valence-corrected chi connectivity index (χ3v) is 4.39. The van der Waals surface area contributed by atoms with Crippen molar-refractivity contribution in [3.05, 3.63) is 69.2 Å². The number of nitrogens with one attached hydrogen (secondary N) is 1. The molecular formula is C19H24BrN. The summed E-state index contributed by atoms with van der Waals surface area (Å²) in [7, 11) is 0. The predicted molar refractivity (Wildman–Crippen MR) is 94.9 cm³/mol. The van der Waals surface area contributed by atoms with E-state index in [4.69, 9.17) is 0 Å². The Labute approximate surface area is 136 Å². The Balaban J connectivity index is 2.51. The number of aryl methyl sites for hydroxylation is 2. The van der Waals surface area contributed by atoms with Crippen LogP contribution in [0.2, 0.25) is 0 Å². The lowest BCUT2D eigenvalue weighted by Gasteiger charge is -2.23. The first-order valence-electron chi connectivity index (χ1n) is 7.80. The molecule has 2 aromatic carbocycles. The molecule has 0 saturated heterocycles. The topological polar surface area (TPSA) is 12.0 Å². The van der Waals surface area contributed by atoms with Crippen LogP contribution in [0.5, 0.6) is 0 Å². The Bertz CT molecular complexity index is 592. The van der Waals surface area contributed by atoms with Crippen LogP contribution in [0.4, 0.5) is 0 Å². The van der Waals surface area contributed by atoms with E-state index in [0.717, 1.165) is 23.9 Å². The van der Waals surface area contributed by atoms with Gasteiger partial charge in [0.05, 0.1) is 6.04 Å². The van der Waals surface area contributed by atoms with Crippen LogP contribution < -0.4 is 5.32 Å². The van der Waals surface area contributed by atoms with Gasteiger partial charge >= 0.3 is 0 Å². The van der Waals surface area contributed by atoms with E-state index in [-0.39, 0.29) is 6.04 Å². The average molecular weight is 346 g/mol. The van der Waals surface area contributed by atoms with Gasteiger partial charge in [0, 0.05) is 4.47 Å². The van der Waals surface area contributed by atoms with Gasteiger partial charge in [-0.25, -0.2) is 0 Å². The number of hydrogen-bond donors (Lipinski definition) is 1. The first-order chi connectivity index (χ1) is 10.2. The summed E-state index contributed by atoms with van der Waals surface area (Å²) >= 11 is 3.59. The maximum Gasteiger partial charge on any atom is 0.0579 e. The highest BCUT2D eigenvalue weighted by Gasteiger charge is 2.16. The first kappa shape index (κ1) is 16.3. The Morgan fingerprint density at radius 3 is 2.43 bits per heavy atom. The molecule has 1 unspecified atom stereocenters. The molecule has 2 rings (SSSR count). The minimum Gasteiger partial charge on any atom is -0.307 e. The third-order valence-electron chi connectivity index (χ3n) is 3.90. The molecule has 0 aliphatic heterocycles. The molecule has 1 nitrogen and oxygen atoms in total. The van der Waals surface area contributed by atoms with Crippen LogP contribution in [0.25, 0.3) is 0 Å². The van der Waals surface area contributed by atoms with E-state index in [1.807, 2.05) is 0 Å². The van der Waals surface area contributed by atoms with Gasteiger partial charge in [-0.1, -0.05) is 67.0 Å². The van der Waals surface area contributed by atoms with Gasteiger partial charge in [-0.2, -0.15) is 0 Å². The molecule has 0 heterocycles. The maximum atomic E-state index is 3.65. The lowest BCUT2D eigenvalue weighted by atomic mass is 9.91. The molecule has 0 spiro atoms. The third kappa shape index (κ3) is 3.96. The van der Waals surface area contributed by atoms with Crippen molar-refractivity contribution in [2.45, 2.75) is 39.7 Å². The summed E-state index contributed by atoms with van der Waals surface area (Å²) in [4.78, 5) is 0. The fourth-order valence-corrected chi connectivity index (χ4v) is 3.17. The van der Waals surface area contributed by atoms with E-state index in [2.05, 4.69) is 84.5 Å². The second-order valence-electron chi connectivity index (χ2n) is 5.29. The first-order valence-corrected chi connectivity index (χ1v) is 8.59. The molecule has 0 saturated carbocycles. The molecule has 2 heteroatoms. The molecule has 0 bridgehead atoms. The van der Waals surface area contributed by atoms with E-state index in [1.54, 1.807) is 0 Å². The summed E-state index contributed by atoms with van der Waals surface area (Å²) in [6.45, 7) is 7.57. The van der Waals surface area contributed by atoms with Gasteiger partial charge in [0.15, 0.2) is 0 Å². The molecule has 0 amide bonds. The van der Waals surface area contributed by atoms with Gasteiger partial charge < -0.3 is 5.32 Å². The Morgan fingerprint density at radius 1 is 1.00 bits per heavy atom. The molecule has 0 fully saturated rings. The highest BCUT2D eigenvalue weighted by atomic mass is 79.9. The lowest BCUT2D eigenvalue weighted by molar-refractivity contribution is 0.624. The van der Waals surface area contributed by atoms with E-state index in [0.29, 0.717) is 0 Å². The number of benzene rings is 2. The highest BCUT2D eigenvalue weighted by Crippen LogP contribution is 2.28. The molecule has 112 valence electrons. The summed E-state index contributed by atoms with van der Waals surface area (Å²) in [6.07, 6.45) is 2.14. The van der Waals surface area contributed by atoms with Gasteiger partial charge in [0.1, 0.15) is 0 Å². The second-order valence-corrected chi connectivity index (χ2v) is 6.20. The molecular weight excluding hydrogens is 322 g/mol. The normalized spacial score (nSPS) is 12.4. The molecule has 21 heavy (non-hydrogen) atoms. The van der Waals surface area contributed by atoms with Crippen LogP contribution in [0, 0.1) is 0 Å².